The minimum Gasteiger partial charge on any atom is -0.456 e. The molecular weight excluding hydrogens is 414 g/mol. The summed E-state index contributed by atoms with van der Waals surface area (Å²) in [7, 11) is 0. The van der Waals surface area contributed by atoms with Crippen LogP contribution in [0, 0.1) is 17.2 Å². The molecule has 33 heavy (non-hydrogen) atoms. The number of nitriles is 1. The van der Waals surface area contributed by atoms with Gasteiger partial charge in [0.15, 0.2) is 0 Å². The zero-order valence-electron chi connectivity index (χ0n) is 19.9. The van der Waals surface area contributed by atoms with Crippen LogP contribution in [0.5, 0.6) is 0 Å². The molecule has 1 heterocycles. The first kappa shape index (κ1) is 24.8. The Morgan fingerprint density at radius 3 is 2.48 bits per heavy atom. The van der Waals surface area contributed by atoms with Crippen molar-refractivity contribution in [2.75, 3.05) is 25.0 Å². The highest BCUT2D eigenvalue weighted by molar-refractivity contribution is 5.90. The molecule has 0 spiro atoms. The van der Waals surface area contributed by atoms with Crippen LogP contribution >= 0.6 is 0 Å². The van der Waals surface area contributed by atoms with Crippen molar-refractivity contribution in [3.05, 3.63) is 65.2 Å². The molecule has 0 bridgehead atoms. The number of aliphatic hydroxyl groups is 1. The van der Waals surface area contributed by atoms with Crippen molar-refractivity contribution in [3.8, 4) is 6.07 Å². The van der Waals surface area contributed by atoms with Gasteiger partial charge < -0.3 is 20.5 Å². The van der Waals surface area contributed by atoms with Gasteiger partial charge in [0.25, 0.3) is 0 Å². The number of aryl methyl sites for hydroxylation is 1. The molecule has 0 saturated carbocycles. The van der Waals surface area contributed by atoms with Crippen molar-refractivity contribution >= 4 is 11.7 Å². The Bertz CT molecular complexity index is 950. The summed E-state index contributed by atoms with van der Waals surface area (Å²) < 4.78 is 5.43. The van der Waals surface area contributed by atoms with E-state index in [1.54, 1.807) is 12.1 Å². The number of β-amino-alcohol motifs (C(OH)–C–C–N with tert-alkyl or cyclic N) is 1. The van der Waals surface area contributed by atoms with E-state index in [9.17, 15) is 9.90 Å². The van der Waals surface area contributed by atoms with E-state index in [2.05, 4.69) is 16.7 Å². The lowest BCUT2D eigenvalue weighted by molar-refractivity contribution is -0.0359. The van der Waals surface area contributed by atoms with Gasteiger partial charge in [-0.3, -0.25) is 0 Å². The summed E-state index contributed by atoms with van der Waals surface area (Å²) in [6, 6.07) is 17.1. The molecule has 3 rings (SSSR count). The van der Waals surface area contributed by atoms with E-state index in [4.69, 9.17) is 10.00 Å². The third kappa shape index (κ3) is 7.31. The Balaban J connectivity index is 1.64. The maximum atomic E-state index is 12.2. The van der Waals surface area contributed by atoms with Crippen molar-refractivity contribution < 1.29 is 14.6 Å². The number of rotatable bonds is 8. The number of nitrogens with zero attached hydrogens (tertiary/aromatic N) is 1. The van der Waals surface area contributed by atoms with Gasteiger partial charge in [0, 0.05) is 24.7 Å². The molecule has 2 atom stereocenters. The van der Waals surface area contributed by atoms with Crippen molar-refractivity contribution in [2.24, 2.45) is 5.92 Å². The van der Waals surface area contributed by atoms with Crippen LogP contribution in [-0.4, -0.2) is 41.9 Å². The first-order chi connectivity index (χ1) is 15.7. The SMILES string of the molecule is CC(C)(C)OC(=O)c1ccc(NCC(CCc2ccc(C#N)cc2)C2(O)CCCNC2)cc1. The highest BCUT2D eigenvalue weighted by Gasteiger charge is 2.37. The predicted molar refractivity (Wildman–Crippen MR) is 130 cm³/mol. The molecule has 0 radical (unpaired) electrons. The Hall–Kier alpha value is -2.88. The van der Waals surface area contributed by atoms with E-state index in [0.717, 1.165) is 43.5 Å². The zero-order chi connectivity index (χ0) is 23.9. The molecule has 1 saturated heterocycles. The molecule has 6 heteroatoms. The van der Waals surface area contributed by atoms with E-state index >= 15 is 0 Å². The average molecular weight is 450 g/mol. The van der Waals surface area contributed by atoms with Gasteiger partial charge in [-0.2, -0.15) is 5.26 Å². The van der Waals surface area contributed by atoms with Crippen LogP contribution in [0.1, 0.15) is 61.5 Å². The largest absolute Gasteiger partial charge is 0.456 e. The summed E-state index contributed by atoms with van der Waals surface area (Å²) in [6.07, 6.45) is 3.39. The van der Waals surface area contributed by atoms with Gasteiger partial charge in [-0.1, -0.05) is 12.1 Å². The minimum atomic E-state index is -0.770. The van der Waals surface area contributed by atoms with Crippen molar-refractivity contribution in [2.45, 2.75) is 57.7 Å². The van der Waals surface area contributed by atoms with Crippen LogP contribution in [0.2, 0.25) is 0 Å². The molecule has 1 fully saturated rings. The van der Waals surface area contributed by atoms with Gasteiger partial charge in [0.2, 0.25) is 0 Å². The number of nitrogens with one attached hydrogen (secondary N) is 2. The van der Waals surface area contributed by atoms with Crippen LogP contribution in [0.3, 0.4) is 0 Å². The molecule has 2 unspecified atom stereocenters. The summed E-state index contributed by atoms with van der Waals surface area (Å²) in [6.45, 7) is 7.70. The highest BCUT2D eigenvalue weighted by Crippen LogP contribution is 2.30. The standard InChI is InChI=1S/C27H35N3O3/c1-26(2,3)33-25(31)22-10-13-24(14-11-22)30-18-23(27(32)15-4-16-29-19-27)12-9-20-5-7-21(17-28)8-6-20/h5-8,10-11,13-14,23,29-30,32H,4,9,12,15-16,18-19H2,1-3H3. The maximum absolute atomic E-state index is 12.2. The number of anilines is 1. The Morgan fingerprint density at radius 1 is 1.21 bits per heavy atom. The van der Waals surface area contributed by atoms with Gasteiger partial charge >= 0.3 is 5.97 Å². The fourth-order valence-corrected chi connectivity index (χ4v) is 4.21. The van der Waals surface area contributed by atoms with Gasteiger partial charge in [-0.15, -0.1) is 0 Å². The zero-order valence-corrected chi connectivity index (χ0v) is 19.9. The number of esters is 1. The third-order valence-electron chi connectivity index (χ3n) is 6.09. The average Bonchev–Trinajstić information content (AvgIpc) is 2.79. The van der Waals surface area contributed by atoms with Crippen LogP contribution in [0.15, 0.2) is 48.5 Å². The fourth-order valence-electron chi connectivity index (χ4n) is 4.21. The third-order valence-corrected chi connectivity index (χ3v) is 6.09. The second kappa shape index (κ2) is 10.8. The molecular formula is C27H35N3O3. The van der Waals surface area contributed by atoms with Crippen molar-refractivity contribution in [1.82, 2.24) is 5.32 Å². The summed E-state index contributed by atoms with van der Waals surface area (Å²) >= 11 is 0. The summed E-state index contributed by atoms with van der Waals surface area (Å²) in [5.74, 6) is -0.289. The number of carbonyl (C=O) groups is 1. The summed E-state index contributed by atoms with van der Waals surface area (Å²) in [5, 5.41) is 27.2. The number of hydrogen-bond acceptors (Lipinski definition) is 6. The monoisotopic (exact) mass is 449 g/mol. The van der Waals surface area contributed by atoms with Gasteiger partial charge in [0.1, 0.15) is 5.60 Å². The lowest BCUT2D eigenvalue weighted by atomic mass is 9.78. The van der Waals surface area contributed by atoms with E-state index in [1.807, 2.05) is 57.2 Å². The van der Waals surface area contributed by atoms with Crippen LogP contribution in [0.25, 0.3) is 0 Å². The summed E-state index contributed by atoms with van der Waals surface area (Å²) in [5.41, 5.74) is 1.93. The Kier molecular flexibility index (Phi) is 8.12. The quantitative estimate of drug-likeness (QED) is 0.521. The van der Waals surface area contributed by atoms with Crippen LogP contribution in [-0.2, 0) is 11.2 Å². The molecule has 0 amide bonds. The van der Waals surface area contributed by atoms with Crippen LogP contribution < -0.4 is 10.6 Å². The van der Waals surface area contributed by atoms with Gasteiger partial charge in [0.05, 0.1) is 22.8 Å². The normalized spacial score (nSPS) is 19.4. The van der Waals surface area contributed by atoms with E-state index in [-0.39, 0.29) is 11.9 Å². The fraction of sp³-hybridized carbons (Fsp3) is 0.481. The number of ether oxygens (including phenoxy) is 1. The van der Waals surface area contributed by atoms with Crippen LogP contribution in [0.4, 0.5) is 5.69 Å². The number of hydrogen-bond donors (Lipinski definition) is 3. The molecule has 0 aliphatic carbocycles. The first-order valence-electron chi connectivity index (χ1n) is 11.7. The first-order valence-corrected chi connectivity index (χ1v) is 11.7. The molecule has 0 aromatic heterocycles. The lowest BCUT2D eigenvalue weighted by Gasteiger charge is -2.40. The highest BCUT2D eigenvalue weighted by atomic mass is 16.6. The smallest absolute Gasteiger partial charge is 0.338 e. The molecule has 1 aliphatic rings. The topological polar surface area (TPSA) is 94.4 Å². The predicted octanol–water partition coefficient (Wildman–Crippen LogP) is 4.29. The maximum Gasteiger partial charge on any atom is 0.338 e. The second-order valence-corrected chi connectivity index (χ2v) is 9.89. The Labute approximate surface area is 197 Å². The van der Waals surface area contributed by atoms with Gasteiger partial charge in [-0.05, 0) is 95.0 Å². The molecule has 176 valence electrons. The second-order valence-electron chi connectivity index (χ2n) is 9.89. The van der Waals surface area contributed by atoms with E-state index in [0.29, 0.717) is 24.2 Å². The lowest BCUT2D eigenvalue weighted by Crippen LogP contribution is -2.52. The van der Waals surface area contributed by atoms with Crippen molar-refractivity contribution in [3.63, 3.8) is 0 Å². The number of benzene rings is 2. The molecule has 1 aliphatic heterocycles. The number of carbonyl (C=O) groups excluding carboxylic acids is 1. The van der Waals surface area contributed by atoms with Gasteiger partial charge in [-0.25, -0.2) is 4.79 Å². The molecule has 6 nitrogen and oxygen atoms in total. The Morgan fingerprint density at radius 2 is 1.91 bits per heavy atom. The molecule has 2 aromatic carbocycles. The van der Waals surface area contributed by atoms with Crippen molar-refractivity contribution in [1.29, 1.82) is 5.26 Å². The molecule has 3 N–H and O–H groups in total. The van der Waals surface area contributed by atoms with E-state index in [1.165, 1.54) is 0 Å². The minimum absolute atomic E-state index is 0.0477. The number of piperidine rings is 1. The molecule has 2 aromatic rings. The summed E-state index contributed by atoms with van der Waals surface area (Å²) in [4.78, 5) is 12.2. The van der Waals surface area contributed by atoms with E-state index < -0.39 is 11.2 Å².